The molecule has 1 aliphatic heterocycles. The van der Waals surface area contributed by atoms with Crippen molar-refractivity contribution in [2.75, 3.05) is 30.9 Å². The second-order valence-corrected chi connectivity index (χ2v) is 13.1. The van der Waals surface area contributed by atoms with Gasteiger partial charge in [0.2, 0.25) is 11.9 Å². The molecule has 0 bridgehead atoms. The third kappa shape index (κ3) is 8.62. The van der Waals surface area contributed by atoms with Crippen molar-refractivity contribution in [1.82, 2.24) is 19.8 Å². The minimum Gasteiger partial charge on any atom is -0.444 e. The summed E-state index contributed by atoms with van der Waals surface area (Å²) in [5.74, 6) is -0.641. The summed E-state index contributed by atoms with van der Waals surface area (Å²) < 4.78 is 37.5. The number of rotatable bonds is 5. The maximum Gasteiger partial charge on any atom is 0.410 e. The third-order valence-electron chi connectivity index (χ3n) is 6.56. The monoisotopic (exact) mass is 630 g/mol. The van der Waals surface area contributed by atoms with Gasteiger partial charge in [-0.2, -0.15) is 8.42 Å². The highest BCUT2D eigenvalue weighted by Gasteiger charge is 2.31. The van der Waals surface area contributed by atoms with Crippen molar-refractivity contribution in [3.05, 3.63) is 64.3 Å². The summed E-state index contributed by atoms with van der Waals surface area (Å²) in [6.07, 6.45) is 2.96. The van der Waals surface area contributed by atoms with Gasteiger partial charge in [-0.1, -0.05) is 42.0 Å². The number of carbonyl (C=O) groups excluding carboxylic acids is 2. The molecule has 4 rings (SSSR count). The van der Waals surface area contributed by atoms with Crippen molar-refractivity contribution < 1.29 is 27.9 Å². The molecule has 2 aliphatic rings. The fourth-order valence-electron chi connectivity index (χ4n) is 4.77. The third-order valence-corrected chi connectivity index (χ3v) is 7.67. The van der Waals surface area contributed by atoms with Gasteiger partial charge >= 0.3 is 16.3 Å². The summed E-state index contributed by atoms with van der Waals surface area (Å²) >= 11 is 6.20. The van der Waals surface area contributed by atoms with Gasteiger partial charge in [0.15, 0.2) is 0 Å². The molecule has 1 atom stereocenters. The van der Waals surface area contributed by atoms with Crippen LogP contribution in [0.2, 0.25) is 5.15 Å². The molecular weight excluding hydrogens is 596 g/mol. The normalized spacial score (nSPS) is 18.7. The number of nitrogens with one attached hydrogen (secondary N) is 1. The van der Waals surface area contributed by atoms with Gasteiger partial charge in [-0.3, -0.25) is 4.79 Å². The molecule has 0 saturated carbocycles. The number of β-amino-alcohol motifs (C(OH)–C–C–N with tert-alkyl or cyclic N) is 1. The van der Waals surface area contributed by atoms with Gasteiger partial charge in [0.1, 0.15) is 10.8 Å². The van der Waals surface area contributed by atoms with Gasteiger partial charge in [-0.15, -0.1) is 4.40 Å². The number of anilines is 1. The van der Waals surface area contributed by atoms with Crippen molar-refractivity contribution in [2.45, 2.75) is 52.7 Å². The predicted molar refractivity (Wildman–Crippen MR) is 164 cm³/mol. The first kappa shape index (κ1) is 32.1. The van der Waals surface area contributed by atoms with E-state index >= 15 is 0 Å². The highest BCUT2D eigenvalue weighted by Crippen LogP contribution is 2.28. The number of hydrogen-bond acceptors (Lipinski definition) is 8. The Labute approximate surface area is 256 Å². The Balaban J connectivity index is 1.46. The number of benzene rings is 1. The molecule has 1 fully saturated rings. The summed E-state index contributed by atoms with van der Waals surface area (Å²) in [7, 11) is -4.34. The van der Waals surface area contributed by atoms with Gasteiger partial charge in [-0.05, 0) is 51.8 Å². The average molecular weight is 631 g/mol. The van der Waals surface area contributed by atoms with E-state index in [0.717, 1.165) is 16.7 Å². The molecule has 14 heteroatoms. The molecule has 12 nitrogen and oxygen atoms in total. The van der Waals surface area contributed by atoms with Crippen LogP contribution in [0.5, 0.6) is 0 Å². The van der Waals surface area contributed by atoms with Crippen LogP contribution >= 0.6 is 11.6 Å². The topological polar surface area (TPSA) is 154 Å². The number of nitrogens with zero attached hydrogens (tertiary/aromatic N) is 5. The molecule has 1 aromatic heterocycles. The first-order valence-electron chi connectivity index (χ1n) is 13.7. The lowest BCUT2D eigenvalue weighted by atomic mass is 10.00. The van der Waals surface area contributed by atoms with E-state index in [2.05, 4.69) is 19.1 Å². The second-order valence-electron chi connectivity index (χ2n) is 11.4. The van der Waals surface area contributed by atoms with Gasteiger partial charge in [-0.25, -0.2) is 19.5 Å². The van der Waals surface area contributed by atoms with Crippen LogP contribution in [0.1, 0.15) is 38.3 Å². The van der Waals surface area contributed by atoms with E-state index in [4.69, 9.17) is 16.3 Å². The molecule has 2 aromatic rings. The number of carbonyl (C=O) groups is 2. The van der Waals surface area contributed by atoms with Crippen LogP contribution < -0.4 is 4.72 Å². The van der Waals surface area contributed by atoms with Crippen molar-refractivity contribution >= 4 is 45.5 Å². The summed E-state index contributed by atoms with van der Waals surface area (Å²) in [6, 6.07) is 7.30. The Morgan fingerprint density at radius 1 is 1.12 bits per heavy atom. The highest BCUT2D eigenvalue weighted by molar-refractivity contribution is 7.91. The molecule has 2 amide bonds. The van der Waals surface area contributed by atoms with E-state index in [-0.39, 0.29) is 55.0 Å². The Hall–Kier alpha value is -3.81. The van der Waals surface area contributed by atoms with Crippen LogP contribution in [0, 0.1) is 13.8 Å². The molecule has 1 unspecified atom stereocenters. The summed E-state index contributed by atoms with van der Waals surface area (Å²) in [5, 5.41) is 10.6. The van der Waals surface area contributed by atoms with E-state index < -0.39 is 33.9 Å². The molecule has 230 valence electrons. The molecule has 1 saturated heterocycles. The number of aliphatic hydroxyl groups is 1. The summed E-state index contributed by atoms with van der Waals surface area (Å²) in [4.78, 5) is 37.0. The van der Waals surface area contributed by atoms with E-state index in [0.29, 0.717) is 5.69 Å². The van der Waals surface area contributed by atoms with Gasteiger partial charge in [0, 0.05) is 43.3 Å². The lowest BCUT2D eigenvalue weighted by Crippen LogP contribution is -2.41. The zero-order valence-corrected chi connectivity index (χ0v) is 26.2. The van der Waals surface area contributed by atoms with Crippen molar-refractivity contribution in [1.29, 1.82) is 0 Å². The molecular formula is C29H35ClN6O6S. The van der Waals surface area contributed by atoms with Crippen LogP contribution in [0.15, 0.2) is 52.5 Å². The SMILES string of the molecule is Cc1cccc(C)c1-c1cc(Cl)nc(NS(=O)(=O)N=C2C=CC=C(C(=O)N3CCN(C(=O)OC(C)(C)C)CC(O)C3)C2)n1. The van der Waals surface area contributed by atoms with E-state index in [1.165, 1.54) is 22.0 Å². The maximum atomic E-state index is 13.3. The van der Waals surface area contributed by atoms with Crippen molar-refractivity contribution in [3.8, 4) is 11.3 Å². The molecule has 1 aromatic carbocycles. The largest absolute Gasteiger partial charge is 0.444 e. The second kappa shape index (κ2) is 12.8. The number of amides is 2. The average Bonchev–Trinajstić information content (AvgIpc) is 3.08. The van der Waals surface area contributed by atoms with Gasteiger partial charge in [0.05, 0.1) is 24.1 Å². The molecule has 2 heterocycles. The van der Waals surface area contributed by atoms with Crippen LogP contribution in [-0.2, 0) is 19.7 Å². The Bertz CT molecular complexity index is 1600. The summed E-state index contributed by atoms with van der Waals surface area (Å²) in [6.45, 7) is 9.43. The van der Waals surface area contributed by atoms with Gasteiger partial charge in [0.25, 0.3) is 0 Å². The fraction of sp³-hybridized carbons (Fsp3) is 0.414. The Morgan fingerprint density at radius 3 is 2.44 bits per heavy atom. The Morgan fingerprint density at radius 2 is 1.77 bits per heavy atom. The van der Waals surface area contributed by atoms with Gasteiger partial charge < -0.3 is 19.6 Å². The number of ether oxygens (including phenoxy) is 1. The maximum absolute atomic E-state index is 13.3. The van der Waals surface area contributed by atoms with E-state index in [1.54, 1.807) is 32.9 Å². The Kier molecular flexibility index (Phi) is 9.57. The lowest BCUT2D eigenvalue weighted by Gasteiger charge is -2.27. The van der Waals surface area contributed by atoms with Crippen LogP contribution in [0.25, 0.3) is 11.3 Å². The van der Waals surface area contributed by atoms with E-state index in [1.807, 2.05) is 32.0 Å². The molecule has 0 spiro atoms. The van der Waals surface area contributed by atoms with Crippen molar-refractivity contribution in [2.24, 2.45) is 4.40 Å². The van der Waals surface area contributed by atoms with Crippen LogP contribution in [0.4, 0.5) is 10.7 Å². The standard InChI is InChI=1S/C29H35ClN6O6S/c1-18-8-6-9-19(2)25(18)23-15-24(30)32-27(31-23)34-43(40,41)33-21-11-7-10-20(14-21)26(38)35-12-13-36(17-22(37)16-35)28(39)42-29(3,4)5/h6-11,15,22,37H,12-14,16-17H2,1-5H3,(H,31,32,34). The lowest BCUT2D eigenvalue weighted by molar-refractivity contribution is -0.128. The predicted octanol–water partition coefficient (Wildman–Crippen LogP) is 3.84. The minimum absolute atomic E-state index is 0.000315. The molecule has 2 N–H and O–H groups in total. The number of aryl methyl sites for hydroxylation is 2. The zero-order valence-electron chi connectivity index (χ0n) is 24.7. The molecule has 43 heavy (non-hydrogen) atoms. The minimum atomic E-state index is -4.34. The highest BCUT2D eigenvalue weighted by atomic mass is 35.5. The number of aliphatic hydroxyl groups excluding tert-OH is 1. The van der Waals surface area contributed by atoms with Crippen LogP contribution in [0.3, 0.4) is 0 Å². The first-order chi connectivity index (χ1) is 20.1. The smallest absolute Gasteiger partial charge is 0.410 e. The first-order valence-corrected chi connectivity index (χ1v) is 15.5. The van der Waals surface area contributed by atoms with Crippen molar-refractivity contribution in [3.63, 3.8) is 0 Å². The zero-order chi connectivity index (χ0) is 31.5. The van der Waals surface area contributed by atoms with E-state index in [9.17, 15) is 23.1 Å². The number of aromatic nitrogens is 2. The molecule has 1 aliphatic carbocycles. The molecule has 0 radical (unpaired) electrons. The fourth-order valence-corrected chi connectivity index (χ4v) is 5.76. The quantitative estimate of drug-likeness (QED) is 0.472. The number of halogens is 1. The summed E-state index contributed by atoms with van der Waals surface area (Å²) in [5.41, 5.74) is 2.85. The number of allylic oxidation sites excluding steroid dienone is 3. The van der Waals surface area contributed by atoms with Crippen LogP contribution in [-0.4, -0.2) is 88.9 Å². The number of hydrogen-bond donors (Lipinski definition) is 2.